The second kappa shape index (κ2) is 10.5. The molecule has 1 N–H and O–H groups in total. The van der Waals surface area contributed by atoms with Gasteiger partial charge in [-0.2, -0.15) is 0 Å². The lowest BCUT2D eigenvalue weighted by Crippen LogP contribution is -2.43. The molecule has 1 unspecified atom stereocenters. The Balaban J connectivity index is 1.66. The molecule has 0 saturated carbocycles. The van der Waals surface area contributed by atoms with Crippen LogP contribution in [0.2, 0.25) is 0 Å². The molecule has 1 aliphatic heterocycles. The van der Waals surface area contributed by atoms with Gasteiger partial charge in [0.15, 0.2) is 0 Å². The first-order valence-electron chi connectivity index (χ1n) is 10.3. The van der Waals surface area contributed by atoms with Gasteiger partial charge >= 0.3 is 6.09 Å². The summed E-state index contributed by atoms with van der Waals surface area (Å²) in [6, 6.07) is 14.2. The van der Waals surface area contributed by atoms with E-state index < -0.39 is 12.1 Å². The van der Waals surface area contributed by atoms with Gasteiger partial charge in [0, 0.05) is 12.6 Å². The van der Waals surface area contributed by atoms with Crippen LogP contribution < -0.4 is 14.8 Å². The lowest BCUT2D eigenvalue weighted by molar-refractivity contribution is -0.120. The molecule has 0 bridgehead atoms. The predicted molar refractivity (Wildman–Crippen MR) is 114 cm³/mol. The van der Waals surface area contributed by atoms with Crippen molar-refractivity contribution < 1.29 is 23.8 Å². The van der Waals surface area contributed by atoms with E-state index in [1.165, 1.54) is 4.90 Å². The summed E-state index contributed by atoms with van der Waals surface area (Å²) >= 11 is 0. The van der Waals surface area contributed by atoms with E-state index in [2.05, 4.69) is 5.32 Å². The van der Waals surface area contributed by atoms with Gasteiger partial charge in [-0.15, -0.1) is 0 Å². The minimum Gasteiger partial charge on any atom is -0.494 e. The number of benzene rings is 2. The number of carbonyl (C=O) groups is 2. The molecular weight excluding hydrogens is 384 g/mol. The second-order valence-corrected chi connectivity index (χ2v) is 6.90. The Morgan fingerprint density at radius 1 is 1.07 bits per heavy atom. The number of hydrogen-bond donors (Lipinski definition) is 1. The molecule has 7 nitrogen and oxygen atoms in total. The van der Waals surface area contributed by atoms with E-state index in [1.807, 2.05) is 44.2 Å². The van der Waals surface area contributed by atoms with Gasteiger partial charge in [-0.25, -0.2) is 4.79 Å². The van der Waals surface area contributed by atoms with Gasteiger partial charge in [0.05, 0.1) is 18.9 Å². The molecular formula is C23H28N2O5. The lowest BCUT2D eigenvalue weighted by Gasteiger charge is -2.24. The van der Waals surface area contributed by atoms with Crippen molar-refractivity contribution in [3.63, 3.8) is 0 Å². The normalized spacial score (nSPS) is 15.5. The fraction of sp³-hybridized carbons (Fsp3) is 0.391. The van der Waals surface area contributed by atoms with E-state index >= 15 is 0 Å². The monoisotopic (exact) mass is 412 g/mol. The Labute approximate surface area is 176 Å². The molecule has 1 fully saturated rings. The zero-order valence-corrected chi connectivity index (χ0v) is 17.4. The first-order chi connectivity index (χ1) is 14.6. The highest BCUT2D eigenvalue weighted by molar-refractivity contribution is 5.98. The van der Waals surface area contributed by atoms with Crippen LogP contribution in [0.1, 0.15) is 32.3 Å². The third-order valence-electron chi connectivity index (χ3n) is 4.81. The number of ether oxygens (including phenoxy) is 3. The molecule has 7 heteroatoms. The summed E-state index contributed by atoms with van der Waals surface area (Å²) in [6.45, 7) is 5.43. The van der Waals surface area contributed by atoms with Crippen LogP contribution >= 0.6 is 0 Å². The molecule has 0 spiro atoms. The van der Waals surface area contributed by atoms with Gasteiger partial charge in [0.25, 0.3) is 0 Å². The maximum atomic E-state index is 13.0. The van der Waals surface area contributed by atoms with Gasteiger partial charge in [0.1, 0.15) is 24.1 Å². The largest absolute Gasteiger partial charge is 0.494 e. The molecule has 0 aliphatic carbocycles. The number of likely N-dealkylation sites (tertiary alicyclic amines) is 1. The highest BCUT2D eigenvalue weighted by atomic mass is 16.6. The first-order valence-corrected chi connectivity index (χ1v) is 10.3. The molecule has 2 aromatic rings. The van der Waals surface area contributed by atoms with E-state index in [0.717, 1.165) is 12.0 Å². The SMILES string of the molecule is CCOc1ccc(OCC)c(NC(=O)C2CCCN2C(=O)OCc2ccccc2)c1. The van der Waals surface area contributed by atoms with Crippen molar-refractivity contribution in [1.82, 2.24) is 4.90 Å². The summed E-state index contributed by atoms with van der Waals surface area (Å²) in [6.07, 6.45) is 0.849. The molecule has 0 aromatic heterocycles. The van der Waals surface area contributed by atoms with Crippen molar-refractivity contribution in [2.75, 3.05) is 25.1 Å². The van der Waals surface area contributed by atoms with Crippen molar-refractivity contribution in [3.8, 4) is 11.5 Å². The Morgan fingerprint density at radius 2 is 1.83 bits per heavy atom. The Kier molecular flexibility index (Phi) is 7.54. The fourth-order valence-electron chi connectivity index (χ4n) is 3.42. The maximum absolute atomic E-state index is 13.0. The number of rotatable bonds is 8. The van der Waals surface area contributed by atoms with Crippen LogP contribution in [-0.2, 0) is 16.1 Å². The number of amides is 2. The van der Waals surface area contributed by atoms with Crippen LogP contribution in [0.25, 0.3) is 0 Å². The third kappa shape index (κ3) is 5.43. The topological polar surface area (TPSA) is 77.1 Å². The zero-order chi connectivity index (χ0) is 21.3. The van der Waals surface area contributed by atoms with E-state index in [9.17, 15) is 9.59 Å². The van der Waals surface area contributed by atoms with Crippen LogP contribution in [0.15, 0.2) is 48.5 Å². The average molecular weight is 412 g/mol. The van der Waals surface area contributed by atoms with Crippen LogP contribution in [0.3, 0.4) is 0 Å². The van der Waals surface area contributed by atoms with Gasteiger partial charge in [-0.05, 0) is 44.4 Å². The van der Waals surface area contributed by atoms with E-state index in [0.29, 0.717) is 43.4 Å². The molecule has 3 rings (SSSR count). The fourth-order valence-corrected chi connectivity index (χ4v) is 3.42. The van der Waals surface area contributed by atoms with Crippen molar-refractivity contribution in [2.24, 2.45) is 0 Å². The van der Waals surface area contributed by atoms with Gasteiger partial charge in [-0.1, -0.05) is 30.3 Å². The van der Waals surface area contributed by atoms with Gasteiger partial charge in [0.2, 0.25) is 5.91 Å². The summed E-state index contributed by atoms with van der Waals surface area (Å²) in [7, 11) is 0. The summed E-state index contributed by atoms with van der Waals surface area (Å²) < 4.78 is 16.6. The standard InChI is InChI=1S/C23H28N2O5/c1-3-28-18-12-13-21(29-4-2)19(15-18)24-22(26)20-11-8-14-25(20)23(27)30-16-17-9-6-5-7-10-17/h5-7,9-10,12-13,15,20H,3-4,8,11,14,16H2,1-2H3,(H,24,26). The minimum atomic E-state index is -0.585. The van der Waals surface area contributed by atoms with Crippen molar-refractivity contribution >= 4 is 17.7 Å². The third-order valence-corrected chi connectivity index (χ3v) is 4.81. The lowest BCUT2D eigenvalue weighted by atomic mass is 10.2. The summed E-state index contributed by atoms with van der Waals surface area (Å²) in [5.74, 6) is 0.936. The van der Waals surface area contributed by atoms with Crippen molar-refractivity contribution in [2.45, 2.75) is 39.3 Å². The van der Waals surface area contributed by atoms with Crippen molar-refractivity contribution in [1.29, 1.82) is 0 Å². The predicted octanol–water partition coefficient (Wildman–Crippen LogP) is 4.22. The van der Waals surface area contributed by atoms with E-state index in [4.69, 9.17) is 14.2 Å². The van der Waals surface area contributed by atoms with E-state index in [1.54, 1.807) is 18.2 Å². The molecule has 1 heterocycles. The van der Waals surface area contributed by atoms with Crippen LogP contribution in [-0.4, -0.2) is 42.7 Å². The summed E-state index contributed by atoms with van der Waals surface area (Å²) in [4.78, 5) is 27.0. The highest BCUT2D eigenvalue weighted by Gasteiger charge is 2.35. The van der Waals surface area contributed by atoms with Gasteiger partial charge < -0.3 is 19.5 Å². The molecule has 1 saturated heterocycles. The van der Waals surface area contributed by atoms with Crippen LogP contribution in [0.5, 0.6) is 11.5 Å². The van der Waals surface area contributed by atoms with E-state index in [-0.39, 0.29) is 12.5 Å². The molecule has 1 aliphatic rings. The zero-order valence-electron chi connectivity index (χ0n) is 17.4. The molecule has 2 aromatic carbocycles. The maximum Gasteiger partial charge on any atom is 0.410 e. The van der Waals surface area contributed by atoms with Crippen LogP contribution in [0.4, 0.5) is 10.5 Å². The summed E-state index contributed by atoms with van der Waals surface area (Å²) in [5, 5.41) is 2.90. The minimum absolute atomic E-state index is 0.176. The molecule has 1 atom stereocenters. The first kappa shape index (κ1) is 21.5. The number of nitrogens with zero attached hydrogens (tertiary/aromatic N) is 1. The number of anilines is 1. The Bertz CT molecular complexity index is 856. The number of nitrogens with one attached hydrogen (secondary N) is 1. The van der Waals surface area contributed by atoms with Crippen molar-refractivity contribution in [3.05, 3.63) is 54.1 Å². The smallest absolute Gasteiger partial charge is 0.410 e. The Morgan fingerprint density at radius 3 is 2.57 bits per heavy atom. The quantitative estimate of drug-likeness (QED) is 0.702. The number of hydrogen-bond acceptors (Lipinski definition) is 5. The highest BCUT2D eigenvalue weighted by Crippen LogP contribution is 2.30. The average Bonchev–Trinajstić information content (AvgIpc) is 3.25. The second-order valence-electron chi connectivity index (χ2n) is 6.90. The molecule has 0 radical (unpaired) electrons. The Hall–Kier alpha value is -3.22. The molecule has 30 heavy (non-hydrogen) atoms. The molecule has 160 valence electrons. The van der Waals surface area contributed by atoms with Crippen LogP contribution in [0, 0.1) is 0 Å². The number of carbonyl (C=O) groups excluding carboxylic acids is 2. The summed E-state index contributed by atoms with van der Waals surface area (Å²) in [5.41, 5.74) is 1.43. The van der Waals surface area contributed by atoms with Gasteiger partial charge in [-0.3, -0.25) is 9.69 Å². The molecule has 2 amide bonds.